The number of aromatic carboxylic acids is 1. The normalized spacial score (nSPS) is 11.2. The van der Waals surface area contributed by atoms with Gasteiger partial charge in [0.15, 0.2) is 5.65 Å². The van der Waals surface area contributed by atoms with Crippen LogP contribution >= 0.6 is 0 Å². The standard InChI is InChI=1S/C29H26N4O2/c1-4-26-32-27-18(2)14-19(3)31-28(27)33(26)17-20-10-13-25(30-16-20)24-15-22(11-12-23(24)29(34)35)21-8-6-5-7-9-21/h5-16H,4,17H2,1-3H3,(H,34,35). The van der Waals surface area contributed by atoms with Crippen LogP contribution < -0.4 is 0 Å². The van der Waals surface area contributed by atoms with Gasteiger partial charge in [-0.05, 0) is 60.4 Å². The maximum absolute atomic E-state index is 11.9. The van der Waals surface area contributed by atoms with Crippen LogP contribution in [0, 0.1) is 13.8 Å². The van der Waals surface area contributed by atoms with Crippen molar-refractivity contribution in [2.75, 3.05) is 0 Å². The summed E-state index contributed by atoms with van der Waals surface area (Å²) in [6, 6.07) is 21.2. The van der Waals surface area contributed by atoms with Gasteiger partial charge in [0, 0.05) is 23.9 Å². The van der Waals surface area contributed by atoms with Gasteiger partial charge in [0.2, 0.25) is 0 Å². The lowest BCUT2D eigenvalue weighted by molar-refractivity contribution is 0.0697. The van der Waals surface area contributed by atoms with Gasteiger partial charge in [-0.3, -0.25) is 4.98 Å². The fourth-order valence-corrected chi connectivity index (χ4v) is 4.50. The van der Waals surface area contributed by atoms with Crippen LogP contribution in [0.2, 0.25) is 0 Å². The van der Waals surface area contributed by atoms with E-state index in [2.05, 4.69) is 29.5 Å². The van der Waals surface area contributed by atoms with Crippen LogP contribution in [0.3, 0.4) is 0 Å². The summed E-state index contributed by atoms with van der Waals surface area (Å²) in [7, 11) is 0. The SMILES string of the molecule is CCc1nc2c(C)cc(C)nc2n1Cc1ccc(-c2cc(-c3ccccc3)ccc2C(=O)O)nc1. The molecule has 0 unspecified atom stereocenters. The maximum Gasteiger partial charge on any atom is 0.336 e. The molecule has 0 bridgehead atoms. The Morgan fingerprint density at radius 1 is 0.943 bits per heavy atom. The van der Waals surface area contributed by atoms with Crippen LogP contribution in [0.1, 0.15) is 39.9 Å². The first-order valence-electron chi connectivity index (χ1n) is 11.7. The Bertz CT molecular complexity index is 1540. The molecule has 0 saturated heterocycles. The molecule has 6 heteroatoms. The number of hydrogen-bond acceptors (Lipinski definition) is 4. The summed E-state index contributed by atoms with van der Waals surface area (Å²) >= 11 is 0. The van der Waals surface area contributed by atoms with Gasteiger partial charge < -0.3 is 9.67 Å². The van der Waals surface area contributed by atoms with Crippen molar-refractivity contribution in [1.29, 1.82) is 0 Å². The second-order valence-corrected chi connectivity index (χ2v) is 8.70. The molecule has 2 aromatic carbocycles. The van der Waals surface area contributed by atoms with Gasteiger partial charge in [-0.2, -0.15) is 0 Å². The van der Waals surface area contributed by atoms with Gasteiger partial charge in [-0.15, -0.1) is 0 Å². The number of rotatable bonds is 6. The van der Waals surface area contributed by atoms with Gasteiger partial charge >= 0.3 is 5.97 Å². The third-order valence-electron chi connectivity index (χ3n) is 6.22. The molecule has 0 fully saturated rings. The van der Waals surface area contributed by atoms with Crippen LogP contribution in [0.4, 0.5) is 0 Å². The van der Waals surface area contributed by atoms with Gasteiger partial charge in [-0.1, -0.05) is 49.4 Å². The van der Waals surface area contributed by atoms with Crippen molar-refractivity contribution in [2.45, 2.75) is 33.7 Å². The quantitative estimate of drug-likeness (QED) is 0.330. The second kappa shape index (κ2) is 9.14. The van der Waals surface area contributed by atoms with E-state index < -0.39 is 5.97 Å². The van der Waals surface area contributed by atoms with Gasteiger partial charge in [0.1, 0.15) is 11.3 Å². The van der Waals surface area contributed by atoms with E-state index in [1.165, 1.54) is 0 Å². The lowest BCUT2D eigenvalue weighted by Gasteiger charge is -2.11. The van der Waals surface area contributed by atoms with Crippen molar-refractivity contribution in [1.82, 2.24) is 19.5 Å². The van der Waals surface area contributed by atoms with Gasteiger partial charge in [0.25, 0.3) is 0 Å². The van der Waals surface area contributed by atoms with Crippen LogP contribution in [-0.4, -0.2) is 30.6 Å². The van der Waals surface area contributed by atoms with Crippen molar-refractivity contribution >= 4 is 17.1 Å². The molecule has 5 aromatic rings. The monoisotopic (exact) mass is 462 g/mol. The number of benzene rings is 2. The highest BCUT2D eigenvalue weighted by Crippen LogP contribution is 2.29. The number of aryl methyl sites for hydroxylation is 3. The van der Waals surface area contributed by atoms with Crippen molar-refractivity contribution in [3.05, 3.63) is 101 Å². The summed E-state index contributed by atoms with van der Waals surface area (Å²) < 4.78 is 2.14. The highest BCUT2D eigenvalue weighted by Gasteiger charge is 2.16. The number of aromatic nitrogens is 4. The van der Waals surface area contributed by atoms with E-state index in [0.29, 0.717) is 17.8 Å². The average Bonchev–Trinajstić information content (AvgIpc) is 3.22. The molecule has 0 aliphatic heterocycles. The number of fused-ring (bicyclic) bond motifs is 1. The smallest absolute Gasteiger partial charge is 0.336 e. The van der Waals surface area contributed by atoms with Crippen molar-refractivity contribution in [3.8, 4) is 22.4 Å². The minimum atomic E-state index is -0.972. The topological polar surface area (TPSA) is 80.9 Å². The first-order valence-corrected chi connectivity index (χ1v) is 11.7. The number of carbonyl (C=O) groups is 1. The molecule has 35 heavy (non-hydrogen) atoms. The number of hydrogen-bond donors (Lipinski definition) is 1. The summed E-state index contributed by atoms with van der Waals surface area (Å²) in [6.45, 7) is 6.75. The predicted molar refractivity (Wildman–Crippen MR) is 138 cm³/mol. The van der Waals surface area contributed by atoms with E-state index >= 15 is 0 Å². The molecule has 3 heterocycles. The lowest BCUT2D eigenvalue weighted by atomic mass is 9.97. The van der Waals surface area contributed by atoms with Gasteiger partial charge in [0.05, 0.1) is 17.8 Å². The highest BCUT2D eigenvalue weighted by atomic mass is 16.4. The summed E-state index contributed by atoms with van der Waals surface area (Å²) in [5, 5.41) is 9.77. The third-order valence-corrected chi connectivity index (χ3v) is 6.22. The Balaban J connectivity index is 1.52. The molecule has 6 nitrogen and oxygen atoms in total. The van der Waals surface area contributed by atoms with Crippen LogP contribution in [0.25, 0.3) is 33.5 Å². The molecular formula is C29H26N4O2. The van der Waals surface area contributed by atoms with Gasteiger partial charge in [-0.25, -0.2) is 14.8 Å². The van der Waals surface area contributed by atoms with E-state index in [4.69, 9.17) is 9.97 Å². The summed E-state index contributed by atoms with van der Waals surface area (Å²) in [6.07, 6.45) is 2.61. The fourth-order valence-electron chi connectivity index (χ4n) is 4.50. The molecule has 1 N–H and O–H groups in total. The number of carboxylic acids is 1. The van der Waals surface area contributed by atoms with Crippen LogP contribution in [0.15, 0.2) is 72.9 Å². The summed E-state index contributed by atoms with van der Waals surface area (Å²) in [4.78, 5) is 26.2. The van der Waals surface area contributed by atoms with E-state index in [1.807, 2.05) is 67.7 Å². The molecule has 174 valence electrons. The zero-order valence-corrected chi connectivity index (χ0v) is 20.0. The Morgan fingerprint density at radius 2 is 1.74 bits per heavy atom. The summed E-state index contributed by atoms with van der Waals surface area (Å²) in [5.74, 6) is 0.00813. The van der Waals surface area contributed by atoms with E-state index in [0.717, 1.165) is 51.4 Å². The van der Waals surface area contributed by atoms with Crippen LogP contribution in [0.5, 0.6) is 0 Å². The first kappa shape index (κ1) is 22.5. The molecular weight excluding hydrogens is 436 g/mol. The Hall–Kier alpha value is -4.32. The minimum Gasteiger partial charge on any atom is -0.478 e. The van der Waals surface area contributed by atoms with Crippen molar-refractivity contribution in [3.63, 3.8) is 0 Å². The molecule has 5 rings (SSSR count). The number of carboxylic acid groups (broad SMARTS) is 1. The highest BCUT2D eigenvalue weighted by molar-refractivity contribution is 5.96. The van der Waals surface area contributed by atoms with Crippen molar-refractivity contribution < 1.29 is 9.90 Å². The van der Waals surface area contributed by atoms with E-state index in [9.17, 15) is 9.90 Å². The molecule has 0 amide bonds. The molecule has 0 atom stereocenters. The minimum absolute atomic E-state index is 0.231. The third kappa shape index (κ3) is 4.30. The average molecular weight is 463 g/mol. The Kier molecular flexibility index (Phi) is 5.87. The molecule has 0 aliphatic rings. The first-order chi connectivity index (χ1) is 16.9. The van der Waals surface area contributed by atoms with E-state index in [1.54, 1.807) is 6.07 Å². The number of pyridine rings is 2. The Morgan fingerprint density at radius 3 is 2.43 bits per heavy atom. The zero-order valence-electron chi connectivity index (χ0n) is 20.0. The molecule has 3 aromatic heterocycles. The molecule has 0 spiro atoms. The van der Waals surface area contributed by atoms with Crippen molar-refractivity contribution in [2.24, 2.45) is 0 Å². The largest absolute Gasteiger partial charge is 0.478 e. The lowest BCUT2D eigenvalue weighted by Crippen LogP contribution is -2.06. The number of nitrogens with zero attached hydrogens (tertiary/aromatic N) is 4. The Labute approximate surface area is 204 Å². The second-order valence-electron chi connectivity index (χ2n) is 8.70. The molecule has 0 aliphatic carbocycles. The molecule has 0 radical (unpaired) electrons. The fraction of sp³-hybridized carbons (Fsp3) is 0.172. The van der Waals surface area contributed by atoms with E-state index in [-0.39, 0.29) is 5.56 Å². The zero-order chi connectivity index (χ0) is 24.5. The maximum atomic E-state index is 11.9. The predicted octanol–water partition coefficient (Wildman–Crippen LogP) is 6.09. The number of imidazole rings is 1. The summed E-state index contributed by atoms with van der Waals surface area (Å²) in [5.41, 5.74) is 8.33. The molecule has 0 saturated carbocycles. The van der Waals surface area contributed by atoms with Crippen LogP contribution in [-0.2, 0) is 13.0 Å².